The summed E-state index contributed by atoms with van der Waals surface area (Å²) in [6, 6.07) is 15.7. The first-order valence-electron chi connectivity index (χ1n) is 11.0. The Morgan fingerprint density at radius 1 is 1.12 bits per heavy atom. The topological polar surface area (TPSA) is 71.5 Å². The number of amides is 2. The van der Waals surface area contributed by atoms with Crippen molar-refractivity contribution in [3.8, 4) is 5.75 Å². The molecule has 6 nitrogen and oxygen atoms in total. The van der Waals surface area contributed by atoms with Gasteiger partial charge in [-0.3, -0.25) is 9.59 Å². The van der Waals surface area contributed by atoms with Crippen LogP contribution < -0.4 is 10.1 Å². The van der Waals surface area contributed by atoms with Crippen molar-refractivity contribution >= 4 is 34.4 Å². The molecule has 1 aliphatic carbocycles. The maximum absolute atomic E-state index is 13.7. The molecule has 0 spiro atoms. The number of benzene rings is 2. The van der Waals surface area contributed by atoms with Crippen molar-refractivity contribution in [3.05, 3.63) is 70.9 Å². The zero-order valence-electron chi connectivity index (χ0n) is 18.1. The number of aromatic nitrogens is 1. The standard InChI is InChI=1S/C26H25N3O3/c1-32-19-11-9-17(10-12-19)15-18-5-4-7-21-24(26(31)29-14-13-27-23(30)16-29)20-6-2-3-8-22(20)28-25(18)21/h2-3,6,8-12,15H,4-5,7,13-14,16H2,1H3,(H,27,30). The number of nitrogens with zero attached hydrogens (tertiary/aromatic N) is 2. The van der Waals surface area contributed by atoms with Crippen molar-refractivity contribution < 1.29 is 14.3 Å². The van der Waals surface area contributed by atoms with Gasteiger partial charge in [0, 0.05) is 18.5 Å². The number of pyridine rings is 1. The quantitative estimate of drug-likeness (QED) is 0.692. The van der Waals surface area contributed by atoms with Crippen LogP contribution >= 0.6 is 0 Å². The van der Waals surface area contributed by atoms with Crippen LogP contribution in [0.2, 0.25) is 0 Å². The second-order valence-electron chi connectivity index (χ2n) is 8.20. The van der Waals surface area contributed by atoms with E-state index in [-0.39, 0.29) is 18.4 Å². The molecule has 1 aromatic heterocycles. The third-order valence-electron chi connectivity index (χ3n) is 6.17. The highest BCUT2D eigenvalue weighted by atomic mass is 16.5. The fourth-order valence-electron chi connectivity index (χ4n) is 4.59. The normalized spacial score (nSPS) is 17.2. The van der Waals surface area contributed by atoms with Crippen LogP contribution in [0.25, 0.3) is 22.6 Å². The van der Waals surface area contributed by atoms with Gasteiger partial charge >= 0.3 is 0 Å². The van der Waals surface area contributed by atoms with Gasteiger partial charge in [0.1, 0.15) is 5.75 Å². The third-order valence-corrected chi connectivity index (χ3v) is 6.17. The summed E-state index contributed by atoms with van der Waals surface area (Å²) in [6.07, 6.45) is 4.82. The van der Waals surface area contributed by atoms with Gasteiger partial charge in [0.25, 0.3) is 5.91 Å². The number of methoxy groups -OCH3 is 1. The number of fused-ring (bicyclic) bond motifs is 2. The molecule has 0 unspecified atom stereocenters. The molecule has 2 heterocycles. The molecule has 3 aromatic rings. The van der Waals surface area contributed by atoms with E-state index in [1.807, 2.05) is 48.5 Å². The minimum absolute atomic E-state index is 0.0830. The Kier molecular flexibility index (Phi) is 5.35. The van der Waals surface area contributed by atoms with Gasteiger partial charge in [0.05, 0.1) is 30.4 Å². The monoisotopic (exact) mass is 427 g/mol. The highest BCUT2D eigenvalue weighted by molar-refractivity contribution is 6.10. The number of piperazine rings is 1. The molecular formula is C26H25N3O3. The fourth-order valence-corrected chi connectivity index (χ4v) is 4.59. The van der Waals surface area contributed by atoms with Crippen LogP contribution in [-0.4, -0.2) is 48.4 Å². The summed E-state index contributed by atoms with van der Waals surface area (Å²) in [5, 5.41) is 3.65. The Bertz CT molecular complexity index is 1230. The molecule has 2 amide bonds. The van der Waals surface area contributed by atoms with E-state index in [2.05, 4.69) is 11.4 Å². The van der Waals surface area contributed by atoms with Crippen LogP contribution in [-0.2, 0) is 11.2 Å². The number of allylic oxidation sites excluding steroid dienone is 1. The highest BCUT2D eigenvalue weighted by Crippen LogP contribution is 2.36. The van der Waals surface area contributed by atoms with E-state index >= 15 is 0 Å². The molecule has 2 aromatic carbocycles. The number of carbonyl (C=O) groups is 2. The van der Waals surface area contributed by atoms with Crippen LogP contribution in [0.5, 0.6) is 5.75 Å². The van der Waals surface area contributed by atoms with Crippen molar-refractivity contribution in [2.75, 3.05) is 26.7 Å². The number of para-hydroxylation sites is 1. The molecule has 1 N–H and O–H groups in total. The summed E-state index contributed by atoms with van der Waals surface area (Å²) in [5.74, 6) is 0.621. The smallest absolute Gasteiger partial charge is 0.255 e. The Morgan fingerprint density at radius 2 is 1.94 bits per heavy atom. The highest BCUT2D eigenvalue weighted by Gasteiger charge is 2.29. The Labute approximate surface area is 186 Å². The van der Waals surface area contributed by atoms with E-state index in [0.717, 1.165) is 58.3 Å². The Balaban J connectivity index is 1.64. The molecule has 0 saturated carbocycles. The number of hydrogen-bond donors (Lipinski definition) is 1. The first-order valence-corrected chi connectivity index (χ1v) is 11.0. The maximum atomic E-state index is 13.7. The summed E-state index contributed by atoms with van der Waals surface area (Å²) in [4.78, 5) is 32.2. The van der Waals surface area contributed by atoms with Gasteiger partial charge in [-0.15, -0.1) is 0 Å². The molecule has 1 fully saturated rings. The zero-order chi connectivity index (χ0) is 22.1. The second kappa shape index (κ2) is 8.46. The average molecular weight is 428 g/mol. The number of ether oxygens (including phenoxy) is 1. The van der Waals surface area contributed by atoms with Gasteiger partial charge in [0.15, 0.2) is 0 Å². The van der Waals surface area contributed by atoms with Crippen molar-refractivity contribution in [1.29, 1.82) is 0 Å². The van der Waals surface area contributed by atoms with Crippen LogP contribution in [0.4, 0.5) is 0 Å². The minimum Gasteiger partial charge on any atom is -0.497 e. The van der Waals surface area contributed by atoms with E-state index in [9.17, 15) is 9.59 Å². The zero-order valence-corrected chi connectivity index (χ0v) is 18.1. The van der Waals surface area contributed by atoms with E-state index in [1.165, 1.54) is 0 Å². The summed E-state index contributed by atoms with van der Waals surface area (Å²) in [5.41, 5.74) is 5.59. The van der Waals surface area contributed by atoms with Crippen molar-refractivity contribution in [3.63, 3.8) is 0 Å². The molecular weight excluding hydrogens is 402 g/mol. The number of rotatable bonds is 3. The van der Waals surface area contributed by atoms with Crippen LogP contribution in [0.3, 0.4) is 0 Å². The van der Waals surface area contributed by atoms with E-state index < -0.39 is 0 Å². The van der Waals surface area contributed by atoms with Gasteiger partial charge < -0.3 is 15.0 Å². The molecule has 0 radical (unpaired) electrons. The Hall–Kier alpha value is -3.67. The van der Waals surface area contributed by atoms with Gasteiger partial charge in [-0.1, -0.05) is 30.3 Å². The van der Waals surface area contributed by atoms with Crippen molar-refractivity contribution in [1.82, 2.24) is 15.2 Å². The second-order valence-corrected chi connectivity index (χ2v) is 8.20. The molecule has 1 aliphatic heterocycles. The lowest BCUT2D eigenvalue weighted by Gasteiger charge is -2.29. The number of nitrogens with one attached hydrogen (secondary N) is 1. The van der Waals surface area contributed by atoms with Gasteiger partial charge in [-0.05, 0) is 60.2 Å². The number of carbonyl (C=O) groups excluding carboxylic acids is 2. The molecule has 6 heteroatoms. The molecule has 0 atom stereocenters. The van der Waals surface area contributed by atoms with E-state index in [0.29, 0.717) is 18.7 Å². The summed E-state index contributed by atoms with van der Waals surface area (Å²) in [7, 11) is 1.66. The van der Waals surface area contributed by atoms with Crippen molar-refractivity contribution in [2.45, 2.75) is 19.3 Å². The predicted octanol–water partition coefficient (Wildman–Crippen LogP) is 3.69. The minimum atomic E-state index is -0.114. The molecule has 0 bridgehead atoms. The summed E-state index contributed by atoms with van der Waals surface area (Å²) in [6.45, 7) is 1.10. The van der Waals surface area contributed by atoms with Gasteiger partial charge in [-0.2, -0.15) is 0 Å². The number of hydrogen-bond acceptors (Lipinski definition) is 4. The summed E-state index contributed by atoms with van der Waals surface area (Å²) >= 11 is 0. The fraction of sp³-hybridized carbons (Fsp3) is 0.269. The van der Waals surface area contributed by atoms with Crippen LogP contribution in [0.15, 0.2) is 48.5 Å². The lowest BCUT2D eigenvalue weighted by molar-refractivity contribution is -0.123. The molecule has 2 aliphatic rings. The lowest BCUT2D eigenvalue weighted by atomic mass is 9.85. The van der Waals surface area contributed by atoms with Crippen molar-refractivity contribution in [2.24, 2.45) is 0 Å². The first kappa shape index (κ1) is 20.2. The molecule has 32 heavy (non-hydrogen) atoms. The maximum Gasteiger partial charge on any atom is 0.255 e. The predicted molar refractivity (Wildman–Crippen MR) is 124 cm³/mol. The SMILES string of the molecule is COc1ccc(C=C2CCCc3c2nc2ccccc2c3C(=O)N2CCNC(=O)C2)cc1. The first-order chi connectivity index (χ1) is 15.6. The van der Waals surface area contributed by atoms with Crippen LogP contribution in [0, 0.1) is 0 Å². The van der Waals surface area contributed by atoms with Gasteiger partial charge in [-0.25, -0.2) is 4.98 Å². The van der Waals surface area contributed by atoms with Gasteiger partial charge in [0.2, 0.25) is 5.91 Å². The largest absolute Gasteiger partial charge is 0.497 e. The van der Waals surface area contributed by atoms with Crippen LogP contribution in [0.1, 0.15) is 40.0 Å². The summed E-state index contributed by atoms with van der Waals surface area (Å²) < 4.78 is 5.27. The van der Waals surface area contributed by atoms with E-state index in [4.69, 9.17) is 9.72 Å². The molecule has 1 saturated heterocycles. The van der Waals surface area contributed by atoms with E-state index in [1.54, 1.807) is 12.0 Å². The third kappa shape index (κ3) is 3.73. The molecule has 162 valence electrons. The molecule has 5 rings (SSSR count). The lowest BCUT2D eigenvalue weighted by Crippen LogP contribution is -2.50. The average Bonchev–Trinajstić information content (AvgIpc) is 2.83. The Morgan fingerprint density at radius 3 is 2.72 bits per heavy atom.